The van der Waals surface area contributed by atoms with E-state index in [0.29, 0.717) is 6.04 Å². The number of hydrogen-bond acceptors (Lipinski definition) is 2. The largest absolute Gasteiger partial charge is 0.349 e. The van der Waals surface area contributed by atoms with Gasteiger partial charge in [0.2, 0.25) is 0 Å². The molecule has 0 aliphatic carbocycles. The van der Waals surface area contributed by atoms with Crippen molar-refractivity contribution in [3.05, 3.63) is 48.2 Å². The standard InChI is InChI=1S/C13H16N2/c1-3-12-10-15-9-7-5-6-8-13(15)11-14(12)4-2/h3-4,7-8,13H,2,9-11H2,1H3/b12-3-. The van der Waals surface area contributed by atoms with Crippen LogP contribution in [0, 0.1) is 0 Å². The van der Waals surface area contributed by atoms with Gasteiger partial charge in [-0.15, -0.1) is 0 Å². The SMILES string of the molecule is C=CN1CC2C=C=C=CCN2C/C1=C/C. The molecule has 78 valence electrons. The van der Waals surface area contributed by atoms with Crippen molar-refractivity contribution >= 4 is 0 Å². The molecule has 0 N–H and O–H groups in total. The average molecular weight is 200 g/mol. The molecule has 0 bridgehead atoms. The van der Waals surface area contributed by atoms with Gasteiger partial charge in [0, 0.05) is 25.3 Å². The van der Waals surface area contributed by atoms with E-state index in [1.807, 2.05) is 12.3 Å². The van der Waals surface area contributed by atoms with E-state index in [0.717, 1.165) is 19.6 Å². The molecular weight excluding hydrogens is 184 g/mol. The second-order valence-electron chi connectivity index (χ2n) is 3.77. The van der Waals surface area contributed by atoms with Gasteiger partial charge in [0.1, 0.15) is 0 Å². The van der Waals surface area contributed by atoms with Gasteiger partial charge in [-0.1, -0.05) is 24.1 Å². The van der Waals surface area contributed by atoms with Crippen LogP contribution < -0.4 is 0 Å². The third-order valence-corrected chi connectivity index (χ3v) is 2.93. The van der Waals surface area contributed by atoms with Gasteiger partial charge in [0.05, 0.1) is 6.04 Å². The van der Waals surface area contributed by atoms with Gasteiger partial charge in [-0.25, -0.2) is 0 Å². The zero-order valence-corrected chi connectivity index (χ0v) is 9.11. The zero-order valence-electron chi connectivity index (χ0n) is 9.11. The summed E-state index contributed by atoms with van der Waals surface area (Å²) in [6, 6.07) is 0.429. The molecule has 2 rings (SSSR count). The molecule has 2 aliphatic rings. The van der Waals surface area contributed by atoms with E-state index < -0.39 is 0 Å². The fraction of sp³-hybridized carbons (Fsp3) is 0.385. The summed E-state index contributed by atoms with van der Waals surface area (Å²) < 4.78 is 0. The predicted molar refractivity (Wildman–Crippen MR) is 62.2 cm³/mol. The third-order valence-electron chi connectivity index (χ3n) is 2.93. The molecule has 0 amide bonds. The molecule has 1 atom stereocenters. The zero-order chi connectivity index (χ0) is 10.7. The molecule has 0 aromatic heterocycles. The van der Waals surface area contributed by atoms with Crippen LogP contribution in [-0.2, 0) is 0 Å². The van der Waals surface area contributed by atoms with E-state index in [9.17, 15) is 0 Å². The fourth-order valence-electron chi connectivity index (χ4n) is 2.02. The monoisotopic (exact) mass is 200 g/mol. The predicted octanol–water partition coefficient (Wildman–Crippen LogP) is 1.90. The van der Waals surface area contributed by atoms with Crippen molar-refractivity contribution in [1.82, 2.24) is 9.80 Å². The number of allylic oxidation sites excluding steroid dienone is 1. The summed E-state index contributed by atoms with van der Waals surface area (Å²) in [6.45, 7) is 8.82. The van der Waals surface area contributed by atoms with Crippen molar-refractivity contribution in [2.75, 3.05) is 19.6 Å². The summed E-state index contributed by atoms with van der Waals surface area (Å²) in [6.07, 6.45) is 8.19. The molecule has 15 heavy (non-hydrogen) atoms. The number of hydrogen-bond donors (Lipinski definition) is 0. The van der Waals surface area contributed by atoms with Crippen molar-refractivity contribution in [1.29, 1.82) is 0 Å². The first-order valence-corrected chi connectivity index (χ1v) is 5.29. The average Bonchev–Trinajstić information content (AvgIpc) is 2.51. The van der Waals surface area contributed by atoms with Crippen molar-refractivity contribution in [2.45, 2.75) is 13.0 Å². The van der Waals surface area contributed by atoms with Crippen LogP contribution in [0.4, 0.5) is 0 Å². The van der Waals surface area contributed by atoms with Gasteiger partial charge in [0.25, 0.3) is 0 Å². The molecule has 1 fully saturated rings. The molecule has 0 radical (unpaired) electrons. The fourth-order valence-corrected chi connectivity index (χ4v) is 2.02. The van der Waals surface area contributed by atoms with Gasteiger partial charge in [-0.3, -0.25) is 4.90 Å². The summed E-state index contributed by atoms with van der Waals surface area (Å²) in [5.41, 5.74) is 7.43. The second-order valence-corrected chi connectivity index (χ2v) is 3.77. The molecule has 1 saturated heterocycles. The van der Waals surface area contributed by atoms with Gasteiger partial charge in [0.15, 0.2) is 0 Å². The molecule has 1 unspecified atom stereocenters. The Morgan fingerprint density at radius 2 is 2.40 bits per heavy atom. The summed E-state index contributed by atoms with van der Waals surface area (Å²) >= 11 is 0. The van der Waals surface area contributed by atoms with E-state index in [1.54, 1.807) is 0 Å². The Hall–Kier alpha value is -1.46. The van der Waals surface area contributed by atoms with Gasteiger partial charge in [-0.05, 0) is 25.3 Å². The highest BCUT2D eigenvalue weighted by Crippen LogP contribution is 2.19. The van der Waals surface area contributed by atoms with Gasteiger partial charge >= 0.3 is 0 Å². The normalized spacial score (nSPS) is 27.9. The maximum atomic E-state index is 3.85. The highest BCUT2D eigenvalue weighted by molar-refractivity contribution is 5.15. The van der Waals surface area contributed by atoms with E-state index >= 15 is 0 Å². The number of nitrogens with zero attached hydrogens (tertiary/aromatic N) is 2. The maximum Gasteiger partial charge on any atom is 0.0545 e. The lowest BCUT2D eigenvalue weighted by molar-refractivity contribution is 0.179. The number of rotatable bonds is 1. The second kappa shape index (κ2) is 4.37. The summed E-state index contributed by atoms with van der Waals surface area (Å²) in [5, 5.41) is 0. The number of fused-ring (bicyclic) bond motifs is 1. The van der Waals surface area contributed by atoms with Gasteiger partial charge < -0.3 is 4.90 Å². The highest BCUT2D eigenvalue weighted by Gasteiger charge is 2.26. The van der Waals surface area contributed by atoms with Crippen LogP contribution in [0.3, 0.4) is 0 Å². The van der Waals surface area contributed by atoms with Crippen LogP contribution in [0.2, 0.25) is 0 Å². The van der Waals surface area contributed by atoms with Crippen LogP contribution in [-0.4, -0.2) is 35.5 Å². The minimum atomic E-state index is 0.429. The van der Waals surface area contributed by atoms with Crippen LogP contribution in [0.15, 0.2) is 48.2 Å². The quantitative estimate of drug-likeness (QED) is 0.596. The first kappa shape index (κ1) is 10.1. The molecule has 2 nitrogen and oxygen atoms in total. The lowest BCUT2D eigenvalue weighted by Gasteiger charge is -2.40. The summed E-state index contributed by atoms with van der Waals surface area (Å²) in [5.74, 6) is 0. The lowest BCUT2D eigenvalue weighted by atomic mass is 10.1. The van der Waals surface area contributed by atoms with Crippen molar-refractivity contribution < 1.29 is 0 Å². The van der Waals surface area contributed by atoms with Crippen molar-refractivity contribution in [3.63, 3.8) is 0 Å². The Labute approximate surface area is 91.2 Å². The van der Waals surface area contributed by atoms with E-state index in [4.69, 9.17) is 0 Å². The summed E-state index contributed by atoms with van der Waals surface area (Å²) in [4.78, 5) is 4.63. The van der Waals surface area contributed by atoms with Crippen LogP contribution in [0.25, 0.3) is 0 Å². The van der Waals surface area contributed by atoms with E-state index in [-0.39, 0.29) is 0 Å². The molecule has 0 spiro atoms. The Balaban J connectivity index is 2.23. The molecule has 2 heteroatoms. The molecule has 0 aromatic carbocycles. The maximum absolute atomic E-state index is 3.85. The van der Waals surface area contributed by atoms with Crippen LogP contribution >= 0.6 is 0 Å². The van der Waals surface area contributed by atoms with Crippen molar-refractivity contribution in [2.24, 2.45) is 0 Å². The Kier molecular flexibility index (Phi) is 2.94. The topological polar surface area (TPSA) is 6.48 Å². The Morgan fingerprint density at radius 3 is 3.13 bits per heavy atom. The van der Waals surface area contributed by atoms with Crippen LogP contribution in [0.1, 0.15) is 6.92 Å². The minimum absolute atomic E-state index is 0.429. The molecule has 0 saturated carbocycles. The van der Waals surface area contributed by atoms with E-state index in [1.165, 1.54) is 5.70 Å². The van der Waals surface area contributed by atoms with Crippen molar-refractivity contribution in [3.8, 4) is 0 Å². The van der Waals surface area contributed by atoms with E-state index in [2.05, 4.69) is 46.9 Å². The molecule has 0 aromatic rings. The first-order chi connectivity index (χ1) is 7.35. The number of piperazine rings is 1. The van der Waals surface area contributed by atoms with Gasteiger partial charge in [-0.2, -0.15) is 0 Å². The highest BCUT2D eigenvalue weighted by atomic mass is 15.3. The van der Waals surface area contributed by atoms with Crippen LogP contribution in [0.5, 0.6) is 0 Å². The third kappa shape index (κ3) is 1.98. The molecular formula is C13H16N2. The first-order valence-electron chi connectivity index (χ1n) is 5.29. The molecule has 2 heterocycles. The molecule has 2 aliphatic heterocycles. The smallest absolute Gasteiger partial charge is 0.0545 e. The minimum Gasteiger partial charge on any atom is -0.349 e. The Bertz CT molecular complexity index is 379. The summed E-state index contributed by atoms with van der Waals surface area (Å²) in [7, 11) is 0. The Morgan fingerprint density at radius 1 is 1.53 bits per heavy atom. The lowest BCUT2D eigenvalue weighted by Crippen LogP contribution is -2.48.